The van der Waals surface area contributed by atoms with Crippen LogP contribution in [-0.4, -0.2) is 25.7 Å². The molecule has 0 spiro atoms. The summed E-state index contributed by atoms with van der Waals surface area (Å²) in [4.78, 5) is 2.55. The summed E-state index contributed by atoms with van der Waals surface area (Å²) in [6, 6.07) is 9.51. The third-order valence-electron chi connectivity index (χ3n) is 3.11. The molecule has 2 nitrogen and oxygen atoms in total. The lowest BCUT2D eigenvalue weighted by atomic mass is 10.1. The highest BCUT2D eigenvalue weighted by Crippen LogP contribution is 2.32. The van der Waals surface area contributed by atoms with Gasteiger partial charge in [-0.2, -0.15) is 0 Å². The van der Waals surface area contributed by atoms with E-state index in [0.29, 0.717) is 6.04 Å². The average Bonchev–Trinajstić information content (AvgIpc) is 2.56. The molecule has 1 aromatic carbocycles. The van der Waals surface area contributed by atoms with E-state index in [9.17, 15) is 0 Å². The van der Waals surface area contributed by atoms with Gasteiger partial charge in [0.25, 0.3) is 0 Å². The molecule has 2 heterocycles. The van der Waals surface area contributed by atoms with Crippen molar-refractivity contribution in [2.75, 3.05) is 24.5 Å². The van der Waals surface area contributed by atoms with Crippen molar-refractivity contribution in [1.82, 2.24) is 5.32 Å². The van der Waals surface area contributed by atoms with Gasteiger partial charge in [0.05, 0.1) is 0 Å². The van der Waals surface area contributed by atoms with Gasteiger partial charge in [-0.3, -0.25) is 0 Å². The third-order valence-corrected chi connectivity index (χ3v) is 3.11. The first kappa shape index (κ1) is 7.39. The summed E-state index contributed by atoms with van der Waals surface area (Å²) in [5.41, 5.74) is 2.99. The normalized spacial score (nSPS) is 25.5. The summed E-state index contributed by atoms with van der Waals surface area (Å²) in [5.74, 6) is 0. The summed E-state index contributed by atoms with van der Waals surface area (Å²) >= 11 is 0. The van der Waals surface area contributed by atoms with Gasteiger partial charge in [-0.25, -0.2) is 0 Å². The summed E-state index contributed by atoms with van der Waals surface area (Å²) in [6.45, 7) is 3.45. The van der Waals surface area contributed by atoms with Gasteiger partial charge >= 0.3 is 0 Å². The van der Waals surface area contributed by atoms with Crippen LogP contribution < -0.4 is 10.2 Å². The smallest absolute Gasteiger partial charge is 0.0456 e. The van der Waals surface area contributed by atoms with E-state index in [4.69, 9.17) is 0 Å². The molecule has 0 aliphatic carbocycles. The largest absolute Gasteiger partial charge is 0.365 e. The van der Waals surface area contributed by atoms with Crippen LogP contribution in [0.1, 0.15) is 5.56 Å². The van der Waals surface area contributed by atoms with E-state index < -0.39 is 0 Å². The van der Waals surface area contributed by atoms with E-state index >= 15 is 0 Å². The van der Waals surface area contributed by atoms with E-state index in [-0.39, 0.29) is 0 Å². The highest BCUT2D eigenvalue weighted by molar-refractivity contribution is 5.59. The number of hydrogen-bond acceptors (Lipinski definition) is 2. The monoisotopic (exact) mass is 174 g/mol. The van der Waals surface area contributed by atoms with Gasteiger partial charge < -0.3 is 10.2 Å². The number of benzene rings is 1. The molecular weight excluding hydrogens is 160 g/mol. The molecule has 0 radical (unpaired) electrons. The Kier molecular flexibility index (Phi) is 1.56. The standard InChI is InChI=1S/C11H14N2/c1-2-4-11-9(3-1)7-10-8-12-5-6-13(10)11/h1-4,10,12H,5-8H2/t10-/m0/s1. The molecular formula is C11H14N2. The topological polar surface area (TPSA) is 15.3 Å². The van der Waals surface area contributed by atoms with Crippen LogP contribution in [-0.2, 0) is 6.42 Å². The Labute approximate surface area is 78.6 Å². The van der Waals surface area contributed by atoms with E-state index in [1.165, 1.54) is 24.2 Å². The van der Waals surface area contributed by atoms with Crippen LogP contribution in [0.3, 0.4) is 0 Å². The predicted molar refractivity (Wildman–Crippen MR) is 54.1 cm³/mol. The third kappa shape index (κ3) is 1.05. The first-order valence-corrected chi connectivity index (χ1v) is 5.00. The van der Waals surface area contributed by atoms with Gasteiger partial charge in [0.2, 0.25) is 0 Å². The molecule has 2 aliphatic heterocycles. The zero-order chi connectivity index (χ0) is 8.67. The fourth-order valence-corrected chi connectivity index (χ4v) is 2.48. The Hall–Kier alpha value is -1.02. The van der Waals surface area contributed by atoms with Crippen LogP contribution in [0.15, 0.2) is 24.3 Å². The van der Waals surface area contributed by atoms with Gasteiger partial charge in [0.1, 0.15) is 0 Å². The molecule has 0 bridgehead atoms. The Morgan fingerprint density at radius 2 is 2.23 bits per heavy atom. The Morgan fingerprint density at radius 1 is 1.31 bits per heavy atom. The molecule has 0 amide bonds. The predicted octanol–water partition coefficient (Wildman–Crippen LogP) is 1.02. The first-order valence-electron chi connectivity index (χ1n) is 5.00. The van der Waals surface area contributed by atoms with Crippen LogP contribution in [0.5, 0.6) is 0 Å². The molecule has 2 heteroatoms. The van der Waals surface area contributed by atoms with Crippen molar-refractivity contribution in [3.63, 3.8) is 0 Å². The number of nitrogens with one attached hydrogen (secondary N) is 1. The molecule has 0 saturated carbocycles. The summed E-state index contributed by atoms with van der Waals surface area (Å²) in [6.07, 6.45) is 1.23. The number of anilines is 1. The maximum Gasteiger partial charge on any atom is 0.0456 e. The lowest BCUT2D eigenvalue weighted by molar-refractivity contribution is 0.495. The lowest BCUT2D eigenvalue weighted by Gasteiger charge is -2.32. The number of para-hydroxylation sites is 1. The number of rotatable bonds is 0. The maximum absolute atomic E-state index is 3.45. The van der Waals surface area contributed by atoms with Gasteiger partial charge in [0.15, 0.2) is 0 Å². The SMILES string of the molecule is c1ccc2c(c1)C[C@H]1CNCCN21. The molecule has 1 saturated heterocycles. The van der Waals surface area contributed by atoms with Crippen LogP contribution in [0.4, 0.5) is 5.69 Å². The van der Waals surface area contributed by atoms with Gasteiger partial charge in [-0.1, -0.05) is 18.2 Å². The Bertz CT molecular complexity index is 322. The van der Waals surface area contributed by atoms with Gasteiger partial charge in [-0.15, -0.1) is 0 Å². The molecule has 3 rings (SSSR count). The average molecular weight is 174 g/mol. The zero-order valence-electron chi connectivity index (χ0n) is 7.66. The second-order valence-corrected chi connectivity index (χ2v) is 3.88. The van der Waals surface area contributed by atoms with Crippen molar-refractivity contribution < 1.29 is 0 Å². The van der Waals surface area contributed by atoms with E-state index in [1.54, 1.807) is 0 Å². The molecule has 2 aliphatic rings. The number of piperazine rings is 1. The molecule has 1 N–H and O–H groups in total. The van der Waals surface area contributed by atoms with Gasteiger partial charge in [-0.05, 0) is 18.1 Å². The Morgan fingerprint density at radius 3 is 3.23 bits per heavy atom. The van der Waals surface area contributed by atoms with E-state index in [1.807, 2.05) is 0 Å². The summed E-state index contributed by atoms with van der Waals surface area (Å²) in [5, 5.41) is 3.45. The maximum atomic E-state index is 3.45. The molecule has 1 fully saturated rings. The van der Waals surface area contributed by atoms with Crippen molar-refractivity contribution in [3.8, 4) is 0 Å². The van der Waals surface area contributed by atoms with Crippen LogP contribution >= 0.6 is 0 Å². The zero-order valence-corrected chi connectivity index (χ0v) is 7.66. The second-order valence-electron chi connectivity index (χ2n) is 3.88. The molecule has 13 heavy (non-hydrogen) atoms. The molecule has 68 valence electrons. The quantitative estimate of drug-likeness (QED) is 0.631. The van der Waals surface area contributed by atoms with E-state index in [0.717, 1.165) is 13.1 Å². The minimum atomic E-state index is 0.714. The summed E-state index contributed by atoms with van der Waals surface area (Å²) < 4.78 is 0. The van der Waals surface area contributed by atoms with Crippen LogP contribution in [0.2, 0.25) is 0 Å². The fourth-order valence-electron chi connectivity index (χ4n) is 2.48. The number of fused-ring (bicyclic) bond motifs is 3. The minimum Gasteiger partial charge on any atom is -0.365 e. The number of hydrogen-bond donors (Lipinski definition) is 1. The van der Waals surface area contributed by atoms with Crippen molar-refractivity contribution in [2.24, 2.45) is 0 Å². The van der Waals surface area contributed by atoms with Crippen LogP contribution in [0, 0.1) is 0 Å². The second kappa shape index (κ2) is 2.74. The molecule has 1 aromatic rings. The van der Waals surface area contributed by atoms with Crippen LogP contribution in [0.25, 0.3) is 0 Å². The summed E-state index contributed by atoms with van der Waals surface area (Å²) in [7, 11) is 0. The van der Waals surface area contributed by atoms with Crippen molar-refractivity contribution in [1.29, 1.82) is 0 Å². The van der Waals surface area contributed by atoms with Crippen molar-refractivity contribution in [2.45, 2.75) is 12.5 Å². The Balaban J connectivity index is 2.01. The molecule has 1 atom stereocenters. The number of nitrogens with zero attached hydrogens (tertiary/aromatic N) is 1. The highest BCUT2D eigenvalue weighted by atomic mass is 15.2. The highest BCUT2D eigenvalue weighted by Gasteiger charge is 2.30. The fraction of sp³-hybridized carbons (Fsp3) is 0.455. The van der Waals surface area contributed by atoms with Gasteiger partial charge in [0, 0.05) is 31.4 Å². The van der Waals surface area contributed by atoms with E-state index in [2.05, 4.69) is 34.5 Å². The minimum absolute atomic E-state index is 0.714. The van der Waals surface area contributed by atoms with Crippen molar-refractivity contribution >= 4 is 5.69 Å². The van der Waals surface area contributed by atoms with Crippen molar-refractivity contribution in [3.05, 3.63) is 29.8 Å². The molecule has 0 unspecified atom stereocenters. The lowest BCUT2D eigenvalue weighted by Crippen LogP contribution is -2.49. The molecule has 0 aromatic heterocycles. The first-order chi connectivity index (χ1) is 6.45.